The van der Waals surface area contributed by atoms with Crippen molar-refractivity contribution < 1.29 is 23.0 Å². The quantitative estimate of drug-likeness (QED) is 0.895. The van der Waals surface area contributed by atoms with Crippen LogP contribution in [0.1, 0.15) is 0 Å². The first-order valence-corrected chi connectivity index (χ1v) is 4.36. The highest BCUT2D eigenvalue weighted by Gasteiger charge is 2.28. The third kappa shape index (κ3) is 3.45. The summed E-state index contributed by atoms with van der Waals surface area (Å²) in [5.41, 5.74) is 0. The Bertz CT molecular complexity index is 325. The molecule has 6 heteroatoms. The van der Waals surface area contributed by atoms with E-state index in [1.54, 1.807) is 0 Å². The molecule has 0 unspecified atom stereocenters. The number of hydrogen-bond acceptors (Lipinski definition) is 2. The molecule has 1 aromatic rings. The van der Waals surface area contributed by atoms with Gasteiger partial charge in [-0.3, -0.25) is 0 Å². The maximum absolute atomic E-state index is 11.7. The van der Waals surface area contributed by atoms with Crippen molar-refractivity contribution in [2.45, 2.75) is 6.18 Å². The summed E-state index contributed by atoms with van der Waals surface area (Å²) < 4.78 is 39.9. The zero-order chi connectivity index (χ0) is 10.8. The Morgan fingerprint density at radius 1 is 1.36 bits per heavy atom. The van der Waals surface area contributed by atoms with Gasteiger partial charge in [-0.2, -0.15) is 13.2 Å². The molecule has 0 amide bonds. The fourth-order valence-corrected chi connectivity index (χ4v) is 1.10. The van der Waals surface area contributed by atoms with E-state index in [1.807, 2.05) is 0 Å². The van der Waals surface area contributed by atoms with E-state index in [0.29, 0.717) is 0 Å². The topological polar surface area (TPSA) is 29.5 Å². The number of alkyl halides is 3. The van der Waals surface area contributed by atoms with E-state index in [0.717, 1.165) is 0 Å². The molecule has 0 saturated carbocycles. The number of benzene rings is 1. The number of rotatable bonds is 2. The van der Waals surface area contributed by atoms with Crippen LogP contribution in [0.4, 0.5) is 13.2 Å². The summed E-state index contributed by atoms with van der Waals surface area (Å²) in [6.45, 7) is -1.34. The Balaban J connectivity index is 2.65. The average molecular weight is 271 g/mol. The number of phenols is 1. The molecule has 0 spiro atoms. The zero-order valence-electron chi connectivity index (χ0n) is 6.81. The normalized spacial score (nSPS) is 11.4. The van der Waals surface area contributed by atoms with Crippen molar-refractivity contribution in [3.63, 3.8) is 0 Å². The monoisotopic (exact) mass is 270 g/mol. The van der Waals surface area contributed by atoms with E-state index in [-0.39, 0.29) is 16.0 Å². The molecule has 0 aliphatic heterocycles. The smallest absolute Gasteiger partial charge is 0.422 e. The first-order chi connectivity index (χ1) is 6.38. The SMILES string of the molecule is Oc1ccc(OCC(F)(F)F)cc1Br. The van der Waals surface area contributed by atoms with Crippen LogP contribution < -0.4 is 4.74 Å². The van der Waals surface area contributed by atoms with E-state index < -0.39 is 12.8 Å². The third-order valence-electron chi connectivity index (χ3n) is 1.32. The third-order valence-corrected chi connectivity index (χ3v) is 1.96. The molecule has 78 valence electrons. The van der Waals surface area contributed by atoms with Crippen LogP contribution in [-0.2, 0) is 0 Å². The van der Waals surface area contributed by atoms with Crippen LogP contribution in [0.2, 0.25) is 0 Å². The van der Waals surface area contributed by atoms with Gasteiger partial charge in [0.15, 0.2) is 6.61 Å². The van der Waals surface area contributed by atoms with Crippen LogP contribution in [0.5, 0.6) is 11.5 Å². The summed E-state index contributed by atoms with van der Waals surface area (Å²) >= 11 is 2.96. The van der Waals surface area contributed by atoms with E-state index in [1.165, 1.54) is 18.2 Å². The summed E-state index contributed by atoms with van der Waals surface area (Å²) in [5, 5.41) is 9.05. The van der Waals surface area contributed by atoms with Crippen molar-refractivity contribution in [1.82, 2.24) is 0 Å². The first kappa shape index (κ1) is 11.2. The largest absolute Gasteiger partial charge is 0.507 e. The van der Waals surface area contributed by atoms with E-state index in [9.17, 15) is 13.2 Å². The lowest BCUT2D eigenvalue weighted by atomic mass is 10.3. The predicted octanol–water partition coefficient (Wildman–Crippen LogP) is 3.10. The van der Waals surface area contributed by atoms with Crippen LogP contribution in [0.25, 0.3) is 0 Å². The summed E-state index contributed by atoms with van der Waals surface area (Å²) in [4.78, 5) is 0. The van der Waals surface area contributed by atoms with Gasteiger partial charge in [0.05, 0.1) is 4.47 Å². The highest BCUT2D eigenvalue weighted by Crippen LogP contribution is 2.28. The lowest BCUT2D eigenvalue weighted by Gasteiger charge is -2.09. The van der Waals surface area contributed by atoms with Gasteiger partial charge in [-0.05, 0) is 34.1 Å². The van der Waals surface area contributed by atoms with Crippen LogP contribution >= 0.6 is 15.9 Å². The molecule has 0 bridgehead atoms. The number of aromatic hydroxyl groups is 1. The Kier molecular flexibility index (Phi) is 3.25. The van der Waals surface area contributed by atoms with E-state index in [4.69, 9.17) is 5.11 Å². The molecule has 1 N–H and O–H groups in total. The van der Waals surface area contributed by atoms with Crippen molar-refractivity contribution in [3.05, 3.63) is 22.7 Å². The van der Waals surface area contributed by atoms with Crippen molar-refractivity contribution in [2.75, 3.05) is 6.61 Å². The number of ether oxygens (including phenoxy) is 1. The summed E-state index contributed by atoms with van der Waals surface area (Å²) in [6, 6.07) is 3.77. The fraction of sp³-hybridized carbons (Fsp3) is 0.250. The molecule has 0 aromatic heterocycles. The summed E-state index contributed by atoms with van der Waals surface area (Å²) in [5.74, 6) is -0.00337. The highest BCUT2D eigenvalue weighted by molar-refractivity contribution is 9.10. The Hall–Kier alpha value is -0.910. The van der Waals surface area contributed by atoms with E-state index in [2.05, 4.69) is 20.7 Å². The van der Waals surface area contributed by atoms with Gasteiger partial charge in [-0.1, -0.05) is 0 Å². The van der Waals surface area contributed by atoms with E-state index >= 15 is 0 Å². The van der Waals surface area contributed by atoms with Crippen LogP contribution in [0, 0.1) is 0 Å². The van der Waals surface area contributed by atoms with Gasteiger partial charge in [-0.15, -0.1) is 0 Å². The highest BCUT2D eigenvalue weighted by atomic mass is 79.9. The second kappa shape index (κ2) is 4.08. The summed E-state index contributed by atoms with van der Waals surface area (Å²) in [6.07, 6.45) is -4.36. The number of phenolic OH excluding ortho intramolecular Hbond substituents is 1. The van der Waals surface area contributed by atoms with Gasteiger partial charge in [-0.25, -0.2) is 0 Å². The predicted molar refractivity (Wildman–Crippen MR) is 47.4 cm³/mol. The molecule has 0 saturated heterocycles. The molecule has 0 atom stereocenters. The first-order valence-electron chi connectivity index (χ1n) is 3.56. The maximum Gasteiger partial charge on any atom is 0.422 e. The molecule has 0 heterocycles. The molecule has 0 fully saturated rings. The van der Waals surface area contributed by atoms with Crippen LogP contribution in [0.3, 0.4) is 0 Å². The van der Waals surface area contributed by atoms with Gasteiger partial charge in [0.2, 0.25) is 0 Å². The Morgan fingerprint density at radius 2 is 2.00 bits per heavy atom. The molecule has 0 radical (unpaired) electrons. The lowest BCUT2D eigenvalue weighted by molar-refractivity contribution is -0.153. The van der Waals surface area contributed by atoms with Gasteiger partial charge >= 0.3 is 6.18 Å². The van der Waals surface area contributed by atoms with Gasteiger partial charge in [0, 0.05) is 0 Å². The molecule has 14 heavy (non-hydrogen) atoms. The second-order valence-corrected chi connectivity index (χ2v) is 3.37. The minimum Gasteiger partial charge on any atom is -0.507 e. The van der Waals surface area contributed by atoms with Crippen molar-refractivity contribution in [2.24, 2.45) is 0 Å². The minimum atomic E-state index is -4.36. The van der Waals surface area contributed by atoms with Crippen molar-refractivity contribution in [3.8, 4) is 11.5 Å². The van der Waals surface area contributed by atoms with Crippen molar-refractivity contribution in [1.29, 1.82) is 0 Å². The number of hydrogen-bond donors (Lipinski definition) is 1. The molecule has 1 aromatic carbocycles. The van der Waals surface area contributed by atoms with Crippen LogP contribution in [-0.4, -0.2) is 17.9 Å². The zero-order valence-corrected chi connectivity index (χ0v) is 8.39. The maximum atomic E-state index is 11.7. The standard InChI is InChI=1S/C8H6BrF3O2/c9-6-3-5(1-2-7(6)13)14-4-8(10,11)12/h1-3,13H,4H2. The molecule has 2 nitrogen and oxygen atoms in total. The Morgan fingerprint density at radius 3 is 2.50 bits per heavy atom. The average Bonchev–Trinajstić information content (AvgIpc) is 2.06. The second-order valence-electron chi connectivity index (χ2n) is 2.52. The molecule has 1 rings (SSSR count). The minimum absolute atomic E-state index is 0.0481. The fourth-order valence-electron chi connectivity index (χ4n) is 0.743. The summed E-state index contributed by atoms with van der Waals surface area (Å²) in [7, 11) is 0. The molecule has 0 aliphatic carbocycles. The van der Waals surface area contributed by atoms with Crippen LogP contribution in [0.15, 0.2) is 22.7 Å². The Labute approximate surface area is 86.4 Å². The molecular weight excluding hydrogens is 265 g/mol. The van der Waals surface area contributed by atoms with Gasteiger partial charge < -0.3 is 9.84 Å². The van der Waals surface area contributed by atoms with Gasteiger partial charge in [0.25, 0.3) is 0 Å². The van der Waals surface area contributed by atoms with Crippen molar-refractivity contribution >= 4 is 15.9 Å². The molecular formula is C8H6BrF3O2. The lowest BCUT2D eigenvalue weighted by Crippen LogP contribution is -2.19. The van der Waals surface area contributed by atoms with Gasteiger partial charge in [0.1, 0.15) is 11.5 Å². The number of halogens is 4. The molecule has 0 aliphatic rings.